The second kappa shape index (κ2) is 7.90. The number of esters is 1. The maximum Gasteiger partial charge on any atom is 0.348 e. The van der Waals surface area contributed by atoms with Crippen molar-refractivity contribution in [1.82, 2.24) is 0 Å². The molecule has 19 heavy (non-hydrogen) atoms. The third-order valence-corrected chi connectivity index (χ3v) is 2.17. The number of benzene rings is 1. The fraction of sp³-hybridized carbons (Fsp3) is 0.286. The van der Waals surface area contributed by atoms with Gasteiger partial charge in [-0.25, -0.2) is 4.79 Å². The summed E-state index contributed by atoms with van der Waals surface area (Å²) in [6.45, 7) is 2.08. The van der Waals surface area contributed by atoms with Crippen LogP contribution >= 0.6 is 0 Å². The molecule has 100 valence electrons. The summed E-state index contributed by atoms with van der Waals surface area (Å²) in [6.07, 6.45) is 1.45. The topological polar surface area (TPSA) is 79.6 Å². The first-order chi connectivity index (χ1) is 9.21. The number of nitrogens with zero attached hydrogens (tertiary/aromatic N) is 1. The monoisotopic (exact) mass is 261 g/mol. The Kier molecular flexibility index (Phi) is 6.13. The number of carbonyl (C=O) groups is 1. The van der Waals surface area contributed by atoms with Crippen molar-refractivity contribution in [3.05, 3.63) is 35.4 Å². The quantitative estimate of drug-likeness (QED) is 0.477. The highest BCUT2D eigenvalue weighted by atomic mass is 16.5. The zero-order valence-corrected chi connectivity index (χ0v) is 10.6. The Morgan fingerprint density at radius 3 is 2.63 bits per heavy atom. The summed E-state index contributed by atoms with van der Waals surface area (Å²) in [6, 6.07) is 8.62. The summed E-state index contributed by atoms with van der Waals surface area (Å²) >= 11 is 0. The minimum absolute atomic E-state index is 0.0501. The molecule has 0 saturated carbocycles. The van der Waals surface area contributed by atoms with Gasteiger partial charge in [0, 0.05) is 0 Å². The molecule has 5 heteroatoms. The molecule has 0 aliphatic rings. The van der Waals surface area contributed by atoms with Crippen molar-refractivity contribution in [3.8, 4) is 11.8 Å². The second-order valence-corrected chi connectivity index (χ2v) is 3.53. The summed E-state index contributed by atoms with van der Waals surface area (Å²) in [5, 5.41) is 17.5. The number of rotatable bonds is 6. The maximum absolute atomic E-state index is 11.4. The molecule has 0 radical (unpaired) electrons. The van der Waals surface area contributed by atoms with Crippen LogP contribution in [-0.2, 0) is 9.53 Å². The van der Waals surface area contributed by atoms with E-state index in [9.17, 15) is 4.79 Å². The van der Waals surface area contributed by atoms with E-state index in [-0.39, 0.29) is 25.4 Å². The van der Waals surface area contributed by atoms with Crippen LogP contribution in [0.2, 0.25) is 0 Å². The first kappa shape index (κ1) is 14.7. The molecule has 0 heterocycles. The standard InChI is InChI=1S/C14H15NO4/c1-2-18-14(17)12(10-15)9-11-3-5-13(6-4-11)19-8-7-16/h3-6,9,16H,2,7-8H2,1H3/b12-9-. The molecule has 1 rings (SSSR count). The molecule has 0 amide bonds. The fourth-order valence-electron chi connectivity index (χ4n) is 1.34. The summed E-state index contributed by atoms with van der Waals surface area (Å²) in [4.78, 5) is 11.4. The normalized spacial score (nSPS) is 10.7. The van der Waals surface area contributed by atoms with Crippen LogP contribution in [0.15, 0.2) is 29.8 Å². The Bertz CT molecular complexity index is 485. The lowest BCUT2D eigenvalue weighted by Crippen LogP contribution is -2.06. The third kappa shape index (κ3) is 4.82. The average molecular weight is 261 g/mol. The van der Waals surface area contributed by atoms with Gasteiger partial charge in [0.1, 0.15) is 24.0 Å². The van der Waals surface area contributed by atoms with Crippen LogP contribution < -0.4 is 4.74 Å². The lowest BCUT2D eigenvalue weighted by Gasteiger charge is -2.04. The molecule has 5 nitrogen and oxygen atoms in total. The van der Waals surface area contributed by atoms with E-state index in [4.69, 9.17) is 19.8 Å². The Labute approximate surface area is 111 Å². The second-order valence-electron chi connectivity index (χ2n) is 3.53. The fourth-order valence-corrected chi connectivity index (χ4v) is 1.34. The molecule has 0 bridgehead atoms. The Balaban J connectivity index is 2.80. The van der Waals surface area contributed by atoms with Crippen molar-refractivity contribution < 1.29 is 19.4 Å². The van der Waals surface area contributed by atoms with E-state index in [0.29, 0.717) is 11.3 Å². The SMILES string of the molecule is CCOC(=O)/C(C#N)=C\c1ccc(OCCO)cc1. The molecule has 0 unspecified atom stereocenters. The summed E-state index contributed by atoms with van der Waals surface area (Å²) in [5.41, 5.74) is 0.645. The van der Waals surface area contributed by atoms with Crippen LogP contribution in [0.25, 0.3) is 6.08 Å². The van der Waals surface area contributed by atoms with E-state index < -0.39 is 5.97 Å². The number of hydrogen-bond acceptors (Lipinski definition) is 5. The number of carbonyl (C=O) groups excluding carboxylic acids is 1. The Morgan fingerprint density at radius 2 is 2.11 bits per heavy atom. The predicted molar refractivity (Wildman–Crippen MR) is 69.2 cm³/mol. The maximum atomic E-state index is 11.4. The van der Waals surface area contributed by atoms with Gasteiger partial charge in [-0.3, -0.25) is 0 Å². The van der Waals surface area contributed by atoms with Gasteiger partial charge >= 0.3 is 5.97 Å². The molecule has 0 atom stereocenters. The van der Waals surface area contributed by atoms with Gasteiger partial charge in [-0.15, -0.1) is 0 Å². The Hall–Kier alpha value is -2.32. The molecular weight excluding hydrogens is 246 g/mol. The number of nitriles is 1. The Morgan fingerprint density at radius 1 is 1.42 bits per heavy atom. The summed E-state index contributed by atoms with van der Waals surface area (Å²) in [5.74, 6) is -0.0218. The van der Waals surface area contributed by atoms with E-state index in [2.05, 4.69) is 0 Å². The van der Waals surface area contributed by atoms with Crippen LogP contribution in [0.4, 0.5) is 0 Å². The molecular formula is C14H15NO4. The molecule has 0 aliphatic carbocycles. The van der Waals surface area contributed by atoms with Gasteiger partial charge in [0.25, 0.3) is 0 Å². The van der Waals surface area contributed by atoms with Gasteiger partial charge in [-0.05, 0) is 30.7 Å². The van der Waals surface area contributed by atoms with Crippen molar-refractivity contribution >= 4 is 12.0 Å². The van der Waals surface area contributed by atoms with Crippen LogP contribution in [0, 0.1) is 11.3 Å². The summed E-state index contributed by atoms with van der Waals surface area (Å²) in [7, 11) is 0. The van der Waals surface area contributed by atoms with Crippen molar-refractivity contribution in [2.75, 3.05) is 19.8 Å². The molecule has 1 N–H and O–H groups in total. The van der Waals surface area contributed by atoms with E-state index >= 15 is 0 Å². The summed E-state index contributed by atoms with van der Waals surface area (Å²) < 4.78 is 9.96. The first-order valence-corrected chi connectivity index (χ1v) is 5.84. The molecule has 0 saturated heterocycles. The highest BCUT2D eigenvalue weighted by Gasteiger charge is 2.09. The van der Waals surface area contributed by atoms with Crippen LogP contribution in [0.3, 0.4) is 0 Å². The van der Waals surface area contributed by atoms with Crippen LogP contribution in [-0.4, -0.2) is 30.9 Å². The van der Waals surface area contributed by atoms with Crippen molar-refractivity contribution in [2.24, 2.45) is 0 Å². The predicted octanol–water partition coefficient (Wildman–Crippen LogP) is 1.53. The molecule has 1 aromatic carbocycles. The van der Waals surface area contributed by atoms with Crippen molar-refractivity contribution in [2.45, 2.75) is 6.92 Å². The van der Waals surface area contributed by atoms with Gasteiger partial charge < -0.3 is 14.6 Å². The van der Waals surface area contributed by atoms with Gasteiger partial charge in [-0.2, -0.15) is 5.26 Å². The van der Waals surface area contributed by atoms with Crippen molar-refractivity contribution in [1.29, 1.82) is 5.26 Å². The largest absolute Gasteiger partial charge is 0.491 e. The smallest absolute Gasteiger partial charge is 0.348 e. The molecule has 0 aromatic heterocycles. The minimum Gasteiger partial charge on any atom is -0.491 e. The van der Waals surface area contributed by atoms with Gasteiger partial charge in [0.2, 0.25) is 0 Å². The zero-order valence-electron chi connectivity index (χ0n) is 10.6. The van der Waals surface area contributed by atoms with Gasteiger partial charge in [0.15, 0.2) is 0 Å². The number of aliphatic hydroxyl groups is 1. The number of aliphatic hydroxyl groups excluding tert-OH is 1. The number of ether oxygens (including phenoxy) is 2. The van der Waals surface area contributed by atoms with E-state index in [0.717, 1.165) is 0 Å². The van der Waals surface area contributed by atoms with E-state index in [1.54, 1.807) is 37.3 Å². The lowest BCUT2D eigenvalue weighted by atomic mass is 10.1. The third-order valence-electron chi connectivity index (χ3n) is 2.17. The van der Waals surface area contributed by atoms with E-state index in [1.165, 1.54) is 6.08 Å². The highest BCUT2D eigenvalue weighted by molar-refractivity contribution is 5.97. The highest BCUT2D eigenvalue weighted by Crippen LogP contribution is 2.14. The van der Waals surface area contributed by atoms with Crippen LogP contribution in [0.5, 0.6) is 5.75 Å². The van der Waals surface area contributed by atoms with Crippen LogP contribution in [0.1, 0.15) is 12.5 Å². The number of hydrogen-bond donors (Lipinski definition) is 1. The molecule has 1 aromatic rings. The van der Waals surface area contributed by atoms with E-state index in [1.807, 2.05) is 0 Å². The first-order valence-electron chi connectivity index (χ1n) is 5.84. The molecule has 0 aliphatic heterocycles. The van der Waals surface area contributed by atoms with Gasteiger partial charge in [-0.1, -0.05) is 12.1 Å². The zero-order chi connectivity index (χ0) is 14.1. The average Bonchev–Trinajstić information content (AvgIpc) is 2.44. The molecule has 0 spiro atoms. The van der Waals surface area contributed by atoms with Crippen molar-refractivity contribution in [3.63, 3.8) is 0 Å². The lowest BCUT2D eigenvalue weighted by molar-refractivity contribution is -0.137. The minimum atomic E-state index is -0.634. The molecule has 0 fully saturated rings. The van der Waals surface area contributed by atoms with Gasteiger partial charge in [0.05, 0.1) is 13.2 Å².